The van der Waals surface area contributed by atoms with E-state index in [9.17, 15) is 19.5 Å². The van der Waals surface area contributed by atoms with Gasteiger partial charge in [-0.25, -0.2) is 4.79 Å². The molecule has 3 heterocycles. The molecule has 0 radical (unpaired) electrons. The highest BCUT2D eigenvalue weighted by molar-refractivity contribution is 6.16. The highest BCUT2D eigenvalue weighted by Gasteiger charge is 2.44. The summed E-state index contributed by atoms with van der Waals surface area (Å²) in [5.41, 5.74) is 1.90. The Hall–Kier alpha value is -4.92. The molecule has 1 atom stereocenters. The molecule has 2 aromatic carbocycles. The van der Waals surface area contributed by atoms with Crippen molar-refractivity contribution in [3.05, 3.63) is 107 Å². The molecule has 0 aliphatic carbocycles. The molecule has 0 fully saturated rings. The maximum Gasteiger partial charge on any atom is 0.338 e. The van der Waals surface area contributed by atoms with Crippen LogP contribution in [0.1, 0.15) is 45.0 Å². The summed E-state index contributed by atoms with van der Waals surface area (Å²) in [7, 11) is 1.50. The van der Waals surface area contributed by atoms with Crippen LogP contribution in [0.2, 0.25) is 0 Å². The van der Waals surface area contributed by atoms with Crippen LogP contribution in [0.5, 0.6) is 5.75 Å². The molecule has 9 heteroatoms. The average molecular weight is 513 g/mol. The summed E-state index contributed by atoms with van der Waals surface area (Å²) < 4.78 is 16.2. The largest absolute Gasteiger partial charge is 0.503 e. The summed E-state index contributed by atoms with van der Waals surface area (Å²) in [4.78, 5) is 44.6. The standard InChI is InChI=1S/C29H24N2O7/c1-3-37-29(35)18-11-9-17(10-12-18)16-31-24(20-7-5-13-30-15-20)23(26(33)28(31)34)25(32)22-14-19-6-4-8-21(36-2)27(19)38-22/h4-15,24,33H,3,16H2,1-2H3. The van der Waals surface area contributed by atoms with E-state index in [1.807, 2.05) is 0 Å². The maximum atomic E-state index is 13.7. The van der Waals surface area contributed by atoms with Gasteiger partial charge in [-0.3, -0.25) is 14.6 Å². The second kappa shape index (κ2) is 10.2. The molecule has 1 amide bonds. The SMILES string of the molecule is CCOC(=O)c1ccc(CN2C(=O)C(O)=C(C(=O)c3cc4cccc(OC)c4o3)C2c2cccnc2)cc1. The molecule has 4 aromatic rings. The number of Topliss-reactive ketones (excluding diaryl/α,β-unsaturated/α-hetero) is 1. The Labute approximate surface area is 217 Å². The first kappa shape index (κ1) is 24.8. The molecule has 1 aliphatic rings. The van der Waals surface area contributed by atoms with E-state index in [0.29, 0.717) is 33.4 Å². The minimum atomic E-state index is -0.913. The number of fused-ring (bicyclic) bond motifs is 1. The number of nitrogens with zero attached hydrogens (tertiary/aromatic N) is 2. The molecule has 2 aromatic heterocycles. The quantitative estimate of drug-likeness (QED) is 0.264. The van der Waals surface area contributed by atoms with Crippen molar-refractivity contribution < 1.29 is 33.4 Å². The molecule has 38 heavy (non-hydrogen) atoms. The second-order valence-corrected chi connectivity index (χ2v) is 8.62. The van der Waals surface area contributed by atoms with Gasteiger partial charge in [-0.1, -0.05) is 30.3 Å². The van der Waals surface area contributed by atoms with E-state index in [1.165, 1.54) is 12.0 Å². The molecular weight excluding hydrogens is 488 g/mol. The van der Waals surface area contributed by atoms with Crippen LogP contribution >= 0.6 is 0 Å². The summed E-state index contributed by atoms with van der Waals surface area (Å²) in [6.07, 6.45) is 3.12. The first-order chi connectivity index (χ1) is 18.4. The van der Waals surface area contributed by atoms with Crippen molar-refractivity contribution in [2.45, 2.75) is 19.5 Å². The van der Waals surface area contributed by atoms with Gasteiger partial charge in [0.2, 0.25) is 5.78 Å². The Morgan fingerprint density at radius 2 is 1.89 bits per heavy atom. The lowest BCUT2D eigenvalue weighted by Crippen LogP contribution is -2.30. The minimum Gasteiger partial charge on any atom is -0.503 e. The number of aliphatic hydroxyl groups excluding tert-OH is 1. The number of ketones is 1. The van der Waals surface area contributed by atoms with Gasteiger partial charge in [-0.15, -0.1) is 0 Å². The number of amides is 1. The number of pyridine rings is 1. The van der Waals surface area contributed by atoms with Crippen molar-refractivity contribution in [2.75, 3.05) is 13.7 Å². The predicted octanol–water partition coefficient (Wildman–Crippen LogP) is 4.79. The molecule has 192 valence electrons. The number of benzene rings is 2. The van der Waals surface area contributed by atoms with Gasteiger partial charge in [0, 0.05) is 24.3 Å². The van der Waals surface area contributed by atoms with Gasteiger partial charge in [0.05, 0.1) is 30.9 Å². The number of hydrogen-bond donors (Lipinski definition) is 1. The lowest BCUT2D eigenvalue weighted by molar-refractivity contribution is -0.130. The third kappa shape index (κ3) is 4.39. The fraction of sp³-hybridized carbons (Fsp3) is 0.172. The first-order valence-electron chi connectivity index (χ1n) is 11.9. The lowest BCUT2D eigenvalue weighted by atomic mass is 9.96. The fourth-order valence-corrected chi connectivity index (χ4v) is 4.53. The number of rotatable bonds is 8. The number of esters is 1. The maximum absolute atomic E-state index is 13.7. The van der Waals surface area contributed by atoms with Crippen LogP contribution in [0.3, 0.4) is 0 Å². The van der Waals surface area contributed by atoms with Gasteiger partial charge in [0.1, 0.15) is 0 Å². The summed E-state index contributed by atoms with van der Waals surface area (Å²) in [6.45, 7) is 2.05. The highest BCUT2D eigenvalue weighted by Crippen LogP contribution is 2.40. The van der Waals surface area contributed by atoms with Crippen LogP contribution in [-0.4, -0.2) is 46.4 Å². The average Bonchev–Trinajstić information content (AvgIpc) is 3.49. The van der Waals surface area contributed by atoms with Crippen LogP contribution < -0.4 is 4.74 Å². The summed E-state index contributed by atoms with van der Waals surface area (Å²) in [5.74, 6) is -2.00. The molecule has 9 nitrogen and oxygen atoms in total. The molecule has 0 saturated heterocycles. The number of carbonyl (C=O) groups excluding carboxylic acids is 3. The Morgan fingerprint density at radius 1 is 1.11 bits per heavy atom. The number of aromatic nitrogens is 1. The Kier molecular flexibility index (Phi) is 6.66. The zero-order chi connectivity index (χ0) is 26.8. The second-order valence-electron chi connectivity index (χ2n) is 8.62. The molecule has 0 bridgehead atoms. The minimum absolute atomic E-state index is 0.0339. The number of methoxy groups -OCH3 is 1. The number of ether oxygens (including phenoxy) is 2. The molecule has 0 spiro atoms. The lowest BCUT2D eigenvalue weighted by Gasteiger charge is -2.26. The Balaban J connectivity index is 1.52. The van der Waals surface area contributed by atoms with Crippen LogP contribution in [0.25, 0.3) is 11.0 Å². The Bertz CT molecular complexity index is 1560. The summed E-state index contributed by atoms with van der Waals surface area (Å²) in [5, 5.41) is 11.6. The third-order valence-electron chi connectivity index (χ3n) is 6.32. The first-order valence-corrected chi connectivity index (χ1v) is 11.9. The van der Waals surface area contributed by atoms with Crippen LogP contribution in [0.15, 0.2) is 88.8 Å². The van der Waals surface area contributed by atoms with Gasteiger partial charge in [-0.2, -0.15) is 0 Å². The van der Waals surface area contributed by atoms with Crippen LogP contribution in [-0.2, 0) is 16.1 Å². The van der Waals surface area contributed by atoms with Crippen LogP contribution in [0.4, 0.5) is 0 Å². The summed E-state index contributed by atoms with van der Waals surface area (Å²) >= 11 is 0. The zero-order valence-corrected chi connectivity index (χ0v) is 20.7. The highest BCUT2D eigenvalue weighted by atomic mass is 16.5. The number of para-hydroxylation sites is 1. The van der Waals surface area contributed by atoms with E-state index in [2.05, 4.69) is 4.98 Å². The number of hydrogen-bond acceptors (Lipinski definition) is 8. The van der Waals surface area contributed by atoms with Crippen molar-refractivity contribution in [1.29, 1.82) is 0 Å². The van der Waals surface area contributed by atoms with E-state index in [-0.39, 0.29) is 24.5 Å². The third-order valence-corrected chi connectivity index (χ3v) is 6.32. The predicted molar refractivity (Wildman–Crippen MR) is 137 cm³/mol. The molecule has 0 saturated carbocycles. The van der Waals surface area contributed by atoms with Gasteiger partial charge in [0.25, 0.3) is 5.91 Å². The molecule has 1 unspecified atom stereocenters. The van der Waals surface area contributed by atoms with Gasteiger partial charge < -0.3 is 23.9 Å². The van der Waals surface area contributed by atoms with Crippen LogP contribution in [0, 0.1) is 0 Å². The number of carbonyl (C=O) groups is 3. The van der Waals surface area contributed by atoms with Crippen molar-refractivity contribution in [1.82, 2.24) is 9.88 Å². The molecule has 1 N–H and O–H groups in total. The van der Waals surface area contributed by atoms with E-state index < -0.39 is 29.5 Å². The van der Waals surface area contributed by atoms with Gasteiger partial charge >= 0.3 is 5.97 Å². The van der Waals surface area contributed by atoms with Crippen molar-refractivity contribution in [2.24, 2.45) is 0 Å². The van der Waals surface area contributed by atoms with Gasteiger partial charge in [-0.05, 0) is 48.4 Å². The molecule has 1 aliphatic heterocycles. The topological polar surface area (TPSA) is 119 Å². The van der Waals surface area contributed by atoms with E-state index in [4.69, 9.17) is 13.9 Å². The normalized spacial score (nSPS) is 15.3. The molecular formula is C29H24N2O7. The number of furan rings is 1. The van der Waals surface area contributed by atoms with Crippen molar-refractivity contribution in [3.8, 4) is 5.75 Å². The smallest absolute Gasteiger partial charge is 0.338 e. The van der Waals surface area contributed by atoms with E-state index >= 15 is 0 Å². The van der Waals surface area contributed by atoms with Crippen molar-refractivity contribution in [3.63, 3.8) is 0 Å². The number of aliphatic hydroxyl groups is 1. The zero-order valence-electron chi connectivity index (χ0n) is 20.7. The van der Waals surface area contributed by atoms with E-state index in [0.717, 1.165) is 0 Å². The Morgan fingerprint density at radius 3 is 2.58 bits per heavy atom. The fourth-order valence-electron chi connectivity index (χ4n) is 4.53. The van der Waals surface area contributed by atoms with Gasteiger partial charge in [0.15, 0.2) is 22.9 Å². The molecule has 5 rings (SSSR count). The van der Waals surface area contributed by atoms with E-state index in [1.54, 1.807) is 80.0 Å². The van der Waals surface area contributed by atoms with Crippen molar-refractivity contribution >= 4 is 28.6 Å². The summed E-state index contributed by atoms with van der Waals surface area (Å²) in [6, 6.07) is 15.9. The monoisotopic (exact) mass is 512 g/mol.